The summed E-state index contributed by atoms with van der Waals surface area (Å²) in [5.41, 5.74) is 5.12. The molecular formula is C23H26N2O2S. The Bertz CT molecular complexity index is 910. The molecule has 0 aliphatic carbocycles. The van der Waals surface area contributed by atoms with Crippen LogP contribution >= 0.6 is 11.3 Å². The first-order valence-electron chi connectivity index (χ1n) is 9.72. The second-order valence-corrected chi connectivity index (χ2v) is 7.34. The van der Waals surface area contributed by atoms with Crippen molar-refractivity contribution in [1.82, 2.24) is 4.98 Å². The monoisotopic (exact) mass is 394 g/mol. The van der Waals surface area contributed by atoms with Crippen LogP contribution in [0.5, 0.6) is 5.75 Å². The van der Waals surface area contributed by atoms with Gasteiger partial charge in [0, 0.05) is 16.6 Å². The van der Waals surface area contributed by atoms with Gasteiger partial charge in [-0.25, -0.2) is 4.98 Å². The van der Waals surface area contributed by atoms with Gasteiger partial charge >= 0.3 is 0 Å². The number of amides is 1. The van der Waals surface area contributed by atoms with E-state index in [-0.39, 0.29) is 12.3 Å². The highest BCUT2D eigenvalue weighted by atomic mass is 32.1. The predicted molar refractivity (Wildman–Crippen MR) is 116 cm³/mol. The van der Waals surface area contributed by atoms with Gasteiger partial charge < -0.3 is 10.1 Å². The number of nitrogens with one attached hydrogen (secondary N) is 1. The second kappa shape index (κ2) is 9.51. The molecular weight excluding hydrogens is 368 g/mol. The number of aromatic nitrogens is 1. The Morgan fingerprint density at radius 3 is 2.32 bits per heavy atom. The Balaban J connectivity index is 1.69. The van der Waals surface area contributed by atoms with Gasteiger partial charge in [-0.05, 0) is 55.2 Å². The number of anilines is 1. The van der Waals surface area contributed by atoms with E-state index in [2.05, 4.69) is 42.3 Å². The van der Waals surface area contributed by atoms with Crippen molar-refractivity contribution in [3.63, 3.8) is 0 Å². The lowest BCUT2D eigenvalue weighted by molar-refractivity contribution is -0.115. The van der Waals surface area contributed by atoms with Gasteiger partial charge in [-0.3, -0.25) is 4.79 Å². The molecule has 1 heterocycles. The van der Waals surface area contributed by atoms with Crippen molar-refractivity contribution in [2.45, 2.75) is 40.0 Å². The number of hydrogen-bond acceptors (Lipinski definition) is 4. The molecule has 1 amide bonds. The zero-order valence-corrected chi connectivity index (χ0v) is 17.4. The third-order valence-corrected chi connectivity index (χ3v) is 5.51. The van der Waals surface area contributed by atoms with E-state index in [1.165, 1.54) is 11.1 Å². The number of ether oxygens (including phenoxy) is 1. The average Bonchev–Trinajstić information content (AvgIpc) is 3.17. The molecule has 1 N–H and O–H groups in total. The van der Waals surface area contributed by atoms with Crippen molar-refractivity contribution in [3.05, 3.63) is 64.7 Å². The van der Waals surface area contributed by atoms with Crippen LogP contribution in [0.25, 0.3) is 10.6 Å². The molecule has 0 fully saturated rings. The first-order chi connectivity index (χ1) is 13.6. The van der Waals surface area contributed by atoms with Gasteiger partial charge in [-0.15, -0.1) is 11.3 Å². The summed E-state index contributed by atoms with van der Waals surface area (Å²) in [5.74, 6) is 0.822. The summed E-state index contributed by atoms with van der Waals surface area (Å²) in [5, 5.41) is 5.98. The fraction of sp³-hybridized carbons (Fsp3) is 0.304. The van der Waals surface area contributed by atoms with Crippen LogP contribution < -0.4 is 10.1 Å². The molecule has 146 valence electrons. The number of para-hydroxylation sites is 1. The zero-order valence-electron chi connectivity index (χ0n) is 16.6. The van der Waals surface area contributed by atoms with Crippen molar-refractivity contribution >= 4 is 22.9 Å². The summed E-state index contributed by atoms with van der Waals surface area (Å²) in [6, 6.07) is 14.1. The smallest absolute Gasteiger partial charge is 0.230 e. The van der Waals surface area contributed by atoms with E-state index < -0.39 is 0 Å². The van der Waals surface area contributed by atoms with E-state index in [1.807, 2.05) is 36.6 Å². The van der Waals surface area contributed by atoms with Crippen LogP contribution in [0.4, 0.5) is 5.69 Å². The third-order valence-electron chi connectivity index (χ3n) is 4.57. The van der Waals surface area contributed by atoms with Crippen LogP contribution in [0.15, 0.2) is 47.8 Å². The number of thiazole rings is 1. The SMILES string of the molecule is CCOc1ccc(-c2nc(CC(=O)Nc3c(CC)cccc3CC)cs2)cc1. The van der Waals surface area contributed by atoms with Crippen molar-refractivity contribution in [1.29, 1.82) is 0 Å². The van der Waals surface area contributed by atoms with E-state index in [0.717, 1.165) is 40.5 Å². The van der Waals surface area contributed by atoms with Gasteiger partial charge in [0.15, 0.2) is 0 Å². The largest absolute Gasteiger partial charge is 0.494 e. The Morgan fingerprint density at radius 2 is 1.71 bits per heavy atom. The van der Waals surface area contributed by atoms with Crippen molar-refractivity contribution < 1.29 is 9.53 Å². The summed E-state index contributed by atoms with van der Waals surface area (Å²) >= 11 is 1.55. The molecule has 3 rings (SSSR count). The molecule has 0 saturated carbocycles. The lowest BCUT2D eigenvalue weighted by Gasteiger charge is -2.14. The molecule has 1 aromatic heterocycles. The minimum Gasteiger partial charge on any atom is -0.494 e. The molecule has 0 saturated heterocycles. The van der Waals surface area contributed by atoms with Gasteiger partial charge in [-0.1, -0.05) is 32.0 Å². The highest BCUT2D eigenvalue weighted by Crippen LogP contribution is 2.27. The van der Waals surface area contributed by atoms with Crippen LogP contribution in [0, 0.1) is 0 Å². The third kappa shape index (κ3) is 4.78. The van der Waals surface area contributed by atoms with Crippen molar-refractivity contribution in [3.8, 4) is 16.3 Å². The minimum atomic E-state index is -0.0286. The van der Waals surface area contributed by atoms with Gasteiger partial charge in [0.25, 0.3) is 0 Å². The van der Waals surface area contributed by atoms with Crippen molar-refractivity contribution in [2.75, 3.05) is 11.9 Å². The standard InChI is InChI=1S/C23H26N2O2S/c1-4-16-8-7-9-17(5-2)22(16)25-21(26)14-19-15-28-23(24-19)18-10-12-20(13-11-18)27-6-3/h7-13,15H,4-6,14H2,1-3H3,(H,25,26). The van der Waals surface area contributed by atoms with E-state index in [0.29, 0.717) is 6.61 Å². The highest BCUT2D eigenvalue weighted by Gasteiger charge is 2.13. The number of carbonyl (C=O) groups excluding carboxylic acids is 1. The van der Waals surface area contributed by atoms with Gasteiger partial charge in [0.05, 0.1) is 18.7 Å². The van der Waals surface area contributed by atoms with Crippen LogP contribution in [-0.4, -0.2) is 17.5 Å². The Labute approximate surface area is 170 Å². The van der Waals surface area contributed by atoms with Gasteiger partial charge in [-0.2, -0.15) is 0 Å². The summed E-state index contributed by atoms with van der Waals surface area (Å²) in [6.45, 7) is 6.83. The van der Waals surface area contributed by atoms with E-state index in [9.17, 15) is 4.79 Å². The number of carbonyl (C=O) groups is 1. The first-order valence-corrected chi connectivity index (χ1v) is 10.6. The molecule has 0 bridgehead atoms. The molecule has 0 radical (unpaired) electrons. The molecule has 0 unspecified atom stereocenters. The molecule has 4 nitrogen and oxygen atoms in total. The Hall–Kier alpha value is -2.66. The maximum absolute atomic E-state index is 12.6. The number of aryl methyl sites for hydroxylation is 2. The molecule has 2 aromatic carbocycles. The fourth-order valence-electron chi connectivity index (χ4n) is 3.13. The normalized spacial score (nSPS) is 10.7. The average molecular weight is 395 g/mol. The van der Waals surface area contributed by atoms with E-state index in [4.69, 9.17) is 4.74 Å². The molecule has 0 atom stereocenters. The van der Waals surface area contributed by atoms with Gasteiger partial charge in [0.2, 0.25) is 5.91 Å². The summed E-state index contributed by atoms with van der Waals surface area (Å²) in [7, 11) is 0. The number of nitrogens with zero attached hydrogens (tertiary/aromatic N) is 1. The Morgan fingerprint density at radius 1 is 1.04 bits per heavy atom. The Kier molecular flexibility index (Phi) is 6.82. The van der Waals surface area contributed by atoms with Crippen LogP contribution in [0.1, 0.15) is 37.6 Å². The fourth-order valence-corrected chi connectivity index (χ4v) is 3.96. The summed E-state index contributed by atoms with van der Waals surface area (Å²) in [4.78, 5) is 17.3. The van der Waals surface area contributed by atoms with Crippen LogP contribution in [0.2, 0.25) is 0 Å². The number of rotatable bonds is 8. The molecule has 0 spiro atoms. The van der Waals surface area contributed by atoms with Gasteiger partial charge in [0.1, 0.15) is 10.8 Å². The second-order valence-electron chi connectivity index (χ2n) is 6.48. The summed E-state index contributed by atoms with van der Waals surface area (Å²) < 4.78 is 5.48. The quantitative estimate of drug-likeness (QED) is 0.548. The zero-order chi connectivity index (χ0) is 19.9. The van der Waals surface area contributed by atoms with Crippen molar-refractivity contribution in [2.24, 2.45) is 0 Å². The predicted octanol–water partition coefficient (Wildman–Crippen LogP) is 5.51. The molecule has 3 aromatic rings. The lowest BCUT2D eigenvalue weighted by Crippen LogP contribution is -2.17. The topological polar surface area (TPSA) is 51.2 Å². The maximum atomic E-state index is 12.6. The molecule has 0 aliphatic heterocycles. The maximum Gasteiger partial charge on any atom is 0.230 e. The van der Waals surface area contributed by atoms with Crippen LogP contribution in [-0.2, 0) is 24.1 Å². The summed E-state index contributed by atoms with van der Waals surface area (Å²) in [6.07, 6.45) is 2.05. The number of benzene rings is 2. The number of hydrogen-bond donors (Lipinski definition) is 1. The minimum absolute atomic E-state index is 0.0286. The van der Waals surface area contributed by atoms with E-state index in [1.54, 1.807) is 11.3 Å². The highest BCUT2D eigenvalue weighted by molar-refractivity contribution is 7.13. The van der Waals surface area contributed by atoms with E-state index >= 15 is 0 Å². The molecule has 0 aliphatic rings. The first kappa shape index (κ1) is 20.1. The lowest BCUT2D eigenvalue weighted by atomic mass is 10.0. The van der Waals surface area contributed by atoms with Crippen LogP contribution in [0.3, 0.4) is 0 Å². The molecule has 5 heteroatoms. The molecule has 28 heavy (non-hydrogen) atoms.